The fourth-order valence-corrected chi connectivity index (χ4v) is 3.14. The molecule has 0 bridgehead atoms. The topological polar surface area (TPSA) is 59.2 Å². The second-order valence-electron chi connectivity index (χ2n) is 6.42. The predicted octanol–water partition coefficient (Wildman–Crippen LogP) is 4.50. The summed E-state index contributed by atoms with van der Waals surface area (Å²) in [4.78, 5) is 18.1. The highest BCUT2D eigenvalue weighted by Crippen LogP contribution is 2.33. The molecule has 4 rings (SSSR count). The quantitative estimate of drug-likeness (QED) is 0.662. The fourth-order valence-electron chi connectivity index (χ4n) is 3.03. The van der Waals surface area contributed by atoms with Crippen molar-refractivity contribution in [1.82, 2.24) is 10.1 Å². The Morgan fingerprint density at radius 3 is 2.74 bits per heavy atom. The van der Waals surface area contributed by atoms with Gasteiger partial charge in [0.1, 0.15) is 11.6 Å². The average molecular weight is 390 g/mol. The lowest BCUT2D eigenvalue weighted by Crippen LogP contribution is -2.24. The minimum atomic E-state index is -0.580. The highest BCUT2D eigenvalue weighted by molar-refractivity contribution is 6.30. The van der Waals surface area contributed by atoms with Crippen LogP contribution < -0.4 is 4.90 Å². The van der Waals surface area contributed by atoms with Gasteiger partial charge in [-0.05, 0) is 42.8 Å². The number of halogens is 3. The van der Waals surface area contributed by atoms with Gasteiger partial charge in [0.2, 0.25) is 17.6 Å². The summed E-state index contributed by atoms with van der Waals surface area (Å²) in [5, 5.41) is 3.87. The molecule has 0 radical (unpaired) electrons. The molecular formula is C19H14ClF2N3O2. The Bertz CT molecular complexity index is 1040. The van der Waals surface area contributed by atoms with E-state index in [1.807, 2.05) is 0 Å². The van der Waals surface area contributed by atoms with E-state index in [-0.39, 0.29) is 40.8 Å². The van der Waals surface area contributed by atoms with Crippen LogP contribution in [0.15, 0.2) is 40.9 Å². The fraction of sp³-hybridized carbons (Fsp3) is 0.211. The van der Waals surface area contributed by atoms with E-state index in [0.29, 0.717) is 23.4 Å². The van der Waals surface area contributed by atoms with Crippen LogP contribution in [0.3, 0.4) is 0 Å². The second-order valence-corrected chi connectivity index (χ2v) is 6.83. The highest BCUT2D eigenvalue weighted by atomic mass is 35.5. The van der Waals surface area contributed by atoms with Crippen LogP contribution in [0.2, 0.25) is 5.02 Å². The van der Waals surface area contributed by atoms with Crippen LogP contribution in [-0.4, -0.2) is 22.6 Å². The van der Waals surface area contributed by atoms with Gasteiger partial charge in [0.05, 0.1) is 10.9 Å². The van der Waals surface area contributed by atoms with Gasteiger partial charge >= 0.3 is 0 Å². The first-order chi connectivity index (χ1) is 12.9. The van der Waals surface area contributed by atoms with Crippen LogP contribution in [0.25, 0.3) is 11.4 Å². The Labute approximate surface area is 158 Å². The third kappa shape index (κ3) is 3.30. The van der Waals surface area contributed by atoms with Crippen LogP contribution in [0.5, 0.6) is 0 Å². The number of nitrogens with zero attached hydrogens (tertiary/aromatic N) is 3. The summed E-state index contributed by atoms with van der Waals surface area (Å²) in [6, 6.07) is 8.89. The van der Waals surface area contributed by atoms with Crippen molar-refractivity contribution in [3.63, 3.8) is 0 Å². The van der Waals surface area contributed by atoms with Gasteiger partial charge in [-0.15, -0.1) is 0 Å². The molecule has 1 fully saturated rings. The minimum Gasteiger partial charge on any atom is -0.339 e. The van der Waals surface area contributed by atoms with Crippen LogP contribution in [-0.2, 0) is 4.79 Å². The van der Waals surface area contributed by atoms with E-state index in [1.165, 1.54) is 23.1 Å². The lowest BCUT2D eigenvalue weighted by Gasteiger charge is -2.16. The van der Waals surface area contributed by atoms with Crippen molar-refractivity contribution in [3.05, 3.63) is 64.5 Å². The smallest absolute Gasteiger partial charge is 0.232 e. The Morgan fingerprint density at radius 2 is 2.00 bits per heavy atom. The number of aryl methyl sites for hydroxylation is 1. The number of benzene rings is 2. The summed E-state index contributed by atoms with van der Waals surface area (Å²) in [6.45, 7) is 1.96. The number of hydrogen-bond donors (Lipinski definition) is 0. The molecule has 1 atom stereocenters. The summed E-state index contributed by atoms with van der Waals surface area (Å²) < 4.78 is 32.7. The molecule has 27 heavy (non-hydrogen) atoms. The largest absolute Gasteiger partial charge is 0.339 e. The number of carbonyl (C=O) groups excluding carboxylic acids is 1. The van der Waals surface area contributed by atoms with Crippen LogP contribution in [0.4, 0.5) is 14.5 Å². The zero-order valence-electron chi connectivity index (χ0n) is 14.2. The Kier molecular flexibility index (Phi) is 4.39. The maximum atomic E-state index is 13.8. The number of amides is 1. The lowest BCUT2D eigenvalue weighted by molar-refractivity contribution is -0.117. The second kappa shape index (κ2) is 6.74. The third-order valence-corrected chi connectivity index (χ3v) is 4.87. The summed E-state index contributed by atoms with van der Waals surface area (Å²) >= 11 is 5.68. The lowest BCUT2D eigenvalue weighted by atomic mass is 10.1. The van der Waals surface area contributed by atoms with E-state index in [0.717, 1.165) is 0 Å². The molecule has 8 heteroatoms. The van der Waals surface area contributed by atoms with Crippen molar-refractivity contribution in [2.24, 2.45) is 0 Å². The van der Waals surface area contributed by atoms with Crippen LogP contribution >= 0.6 is 11.6 Å². The molecule has 1 aliphatic heterocycles. The van der Waals surface area contributed by atoms with E-state index in [9.17, 15) is 13.6 Å². The first kappa shape index (κ1) is 17.6. The summed E-state index contributed by atoms with van der Waals surface area (Å²) in [5.74, 6) is -0.921. The highest BCUT2D eigenvalue weighted by Gasteiger charge is 2.35. The van der Waals surface area contributed by atoms with Gasteiger partial charge in [-0.25, -0.2) is 8.78 Å². The summed E-state index contributed by atoms with van der Waals surface area (Å²) in [6.07, 6.45) is 0.173. The van der Waals surface area contributed by atoms with E-state index in [4.69, 9.17) is 16.1 Å². The molecular weight excluding hydrogens is 376 g/mol. The molecule has 0 spiro atoms. The number of hydrogen-bond acceptors (Lipinski definition) is 4. The van der Waals surface area contributed by atoms with Gasteiger partial charge in [0.25, 0.3) is 0 Å². The van der Waals surface area contributed by atoms with Crippen molar-refractivity contribution >= 4 is 23.2 Å². The predicted molar refractivity (Wildman–Crippen MR) is 95.6 cm³/mol. The van der Waals surface area contributed by atoms with Crippen molar-refractivity contribution in [3.8, 4) is 11.4 Å². The normalized spacial score (nSPS) is 17.0. The molecule has 1 aromatic heterocycles. The van der Waals surface area contributed by atoms with Gasteiger partial charge in [0, 0.05) is 24.2 Å². The van der Waals surface area contributed by atoms with Gasteiger partial charge in [-0.3, -0.25) is 4.79 Å². The maximum Gasteiger partial charge on any atom is 0.232 e. The molecule has 0 saturated carbocycles. The molecule has 0 N–H and O–H groups in total. The maximum absolute atomic E-state index is 13.8. The molecule has 3 aromatic rings. The first-order valence-electron chi connectivity index (χ1n) is 8.28. The molecule has 138 valence electrons. The standard InChI is InChI=1S/C19H14ClF2N3O2/c1-10-2-4-13(8-15(10)21)25-9-12(7-17(25)26)19-23-18(24-27-19)11-3-5-14(20)16(22)6-11/h2-6,8,12H,7,9H2,1H3. The van der Waals surface area contributed by atoms with Crippen molar-refractivity contribution in [2.45, 2.75) is 19.3 Å². The third-order valence-electron chi connectivity index (χ3n) is 4.56. The van der Waals surface area contributed by atoms with E-state index < -0.39 is 5.82 Å². The summed E-state index contributed by atoms with van der Waals surface area (Å²) in [5.41, 5.74) is 1.43. The van der Waals surface area contributed by atoms with Crippen molar-refractivity contribution in [2.75, 3.05) is 11.4 Å². The molecule has 1 unspecified atom stereocenters. The number of rotatable bonds is 3. The first-order valence-corrected chi connectivity index (χ1v) is 8.65. The van der Waals surface area contributed by atoms with Crippen molar-refractivity contribution < 1.29 is 18.1 Å². The monoisotopic (exact) mass is 389 g/mol. The zero-order valence-corrected chi connectivity index (χ0v) is 15.0. The zero-order chi connectivity index (χ0) is 19.1. The van der Waals surface area contributed by atoms with Crippen molar-refractivity contribution in [1.29, 1.82) is 0 Å². The molecule has 1 amide bonds. The summed E-state index contributed by atoms with van der Waals surface area (Å²) in [7, 11) is 0. The van der Waals surface area contributed by atoms with Gasteiger partial charge in [-0.2, -0.15) is 4.98 Å². The Morgan fingerprint density at radius 1 is 1.19 bits per heavy atom. The molecule has 2 aromatic carbocycles. The number of anilines is 1. The molecule has 0 aliphatic carbocycles. The molecule has 1 saturated heterocycles. The number of carbonyl (C=O) groups is 1. The van der Waals surface area contributed by atoms with E-state index in [1.54, 1.807) is 25.1 Å². The van der Waals surface area contributed by atoms with Gasteiger partial charge in [0.15, 0.2) is 0 Å². The molecule has 2 heterocycles. The van der Waals surface area contributed by atoms with Crippen LogP contribution in [0, 0.1) is 18.6 Å². The average Bonchev–Trinajstić information content (AvgIpc) is 3.27. The Hall–Kier alpha value is -2.80. The van der Waals surface area contributed by atoms with Crippen LogP contribution in [0.1, 0.15) is 23.8 Å². The number of aromatic nitrogens is 2. The van der Waals surface area contributed by atoms with E-state index in [2.05, 4.69) is 10.1 Å². The Balaban J connectivity index is 1.56. The minimum absolute atomic E-state index is 0.00447. The SMILES string of the molecule is Cc1ccc(N2CC(c3nc(-c4ccc(Cl)c(F)c4)no3)CC2=O)cc1F. The molecule has 5 nitrogen and oxygen atoms in total. The molecule has 1 aliphatic rings. The van der Waals surface area contributed by atoms with Gasteiger partial charge in [-0.1, -0.05) is 22.8 Å². The van der Waals surface area contributed by atoms with E-state index >= 15 is 0 Å². The van der Waals surface area contributed by atoms with Gasteiger partial charge < -0.3 is 9.42 Å².